The van der Waals surface area contributed by atoms with Crippen molar-refractivity contribution in [1.29, 1.82) is 0 Å². The van der Waals surface area contributed by atoms with Gasteiger partial charge in [0.05, 0.1) is 6.20 Å². The van der Waals surface area contributed by atoms with Gasteiger partial charge in [0, 0.05) is 18.7 Å². The molecule has 5 heteroatoms. The lowest BCUT2D eigenvalue weighted by Crippen LogP contribution is -2.28. The maximum atomic E-state index is 12.0. The number of unbranched alkanes of at least 4 members (excludes halogenated alkanes) is 1. The minimum atomic E-state index is -0.293. The molecule has 1 atom stereocenters. The molecule has 100 valence electrons. The fraction of sp³-hybridized carbons (Fsp3) is 0.692. The van der Waals surface area contributed by atoms with Gasteiger partial charge in [0.1, 0.15) is 11.9 Å². The van der Waals surface area contributed by atoms with Crippen LogP contribution in [0.15, 0.2) is 6.20 Å². The van der Waals surface area contributed by atoms with Crippen molar-refractivity contribution in [2.45, 2.75) is 52.2 Å². The second-order valence-electron chi connectivity index (χ2n) is 4.74. The average Bonchev–Trinajstić information content (AvgIpc) is 2.99. The highest BCUT2D eigenvalue weighted by molar-refractivity contribution is 5.94. The smallest absolute Gasteiger partial charge is 0.254 e. The summed E-state index contributed by atoms with van der Waals surface area (Å²) in [5.74, 6) is 0.762. The predicted octanol–water partition coefficient (Wildman–Crippen LogP) is 2.11. The number of nitrogens with one attached hydrogen (secondary N) is 1. The van der Waals surface area contributed by atoms with Crippen molar-refractivity contribution in [3.8, 4) is 0 Å². The molecule has 1 aromatic heterocycles. The Morgan fingerprint density at radius 2 is 2.50 bits per heavy atom. The van der Waals surface area contributed by atoms with Gasteiger partial charge >= 0.3 is 0 Å². The SMILES string of the molecule is CCCCn1ncc(C)c1NC(=O)[C@H]1CCCO1. The van der Waals surface area contributed by atoms with Crippen LogP contribution in [0.4, 0.5) is 5.82 Å². The van der Waals surface area contributed by atoms with Crippen molar-refractivity contribution in [1.82, 2.24) is 9.78 Å². The van der Waals surface area contributed by atoms with E-state index in [4.69, 9.17) is 4.74 Å². The van der Waals surface area contributed by atoms with E-state index in [1.165, 1.54) is 0 Å². The molecule has 2 rings (SSSR count). The number of anilines is 1. The molecule has 1 amide bonds. The van der Waals surface area contributed by atoms with Crippen LogP contribution >= 0.6 is 0 Å². The summed E-state index contributed by atoms with van der Waals surface area (Å²) in [5.41, 5.74) is 0.998. The van der Waals surface area contributed by atoms with Crippen LogP contribution in [0.25, 0.3) is 0 Å². The molecule has 1 N–H and O–H groups in total. The molecule has 0 aliphatic carbocycles. The Balaban J connectivity index is 2.02. The molecule has 0 spiro atoms. The minimum Gasteiger partial charge on any atom is -0.368 e. The van der Waals surface area contributed by atoms with Gasteiger partial charge in [0.15, 0.2) is 0 Å². The van der Waals surface area contributed by atoms with E-state index in [0.717, 1.165) is 43.6 Å². The van der Waals surface area contributed by atoms with Crippen LogP contribution in [0, 0.1) is 6.92 Å². The molecule has 0 aromatic carbocycles. The van der Waals surface area contributed by atoms with Crippen molar-refractivity contribution < 1.29 is 9.53 Å². The zero-order valence-electron chi connectivity index (χ0n) is 11.1. The van der Waals surface area contributed by atoms with Gasteiger partial charge in [0.25, 0.3) is 5.91 Å². The van der Waals surface area contributed by atoms with Crippen molar-refractivity contribution in [2.24, 2.45) is 0 Å². The highest BCUT2D eigenvalue weighted by atomic mass is 16.5. The molecule has 0 bridgehead atoms. The molecule has 0 unspecified atom stereocenters. The van der Waals surface area contributed by atoms with E-state index in [-0.39, 0.29) is 12.0 Å². The Hall–Kier alpha value is -1.36. The Labute approximate surface area is 108 Å². The Morgan fingerprint density at radius 1 is 1.67 bits per heavy atom. The van der Waals surface area contributed by atoms with Crippen LogP contribution in [-0.4, -0.2) is 28.4 Å². The first-order valence-electron chi connectivity index (χ1n) is 6.67. The van der Waals surface area contributed by atoms with E-state index in [0.29, 0.717) is 6.61 Å². The zero-order valence-corrected chi connectivity index (χ0v) is 11.1. The van der Waals surface area contributed by atoms with Crippen LogP contribution in [0.5, 0.6) is 0 Å². The first-order chi connectivity index (χ1) is 8.72. The van der Waals surface area contributed by atoms with Gasteiger partial charge in [-0.05, 0) is 26.2 Å². The Morgan fingerprint density at radius 3 is 3.17 bits per heavy atom. The van der Waals surface area contributed by atoms with E-state index < -0.39 is 0 Å². The van der Waals surface area contributed by atoms with Gasteiger partial charge in [0.2, 0.25) is 0 Å². The maximum absolute atomic E-state index is 12.0. The second kappa shape index (κ2) is 6.00. The van der Waals surface area contributed by atoms with Gasteiger partial charge in [-0.3, -0.25) is 4.79 Å². The summed E-state index contributed by atoms with van der Waals surface area (Å²) in [6.45, 7) is 5.62. The number of nitrogens with zero attached hydrogens (tertiary/aromatic N) is 2. The molecule has 1 fully saturated rings. The normalized spacial score (nSPS) is 19.1. The van der Waals surface area contributed by atoms with Crippen LogP contribution in [0.1, 0.15) is 38.2 Å². The number of hydrogen-bond acceptors (Lipinski definition) is 3. The monoisotopic (exact) mass is 251 g/mol. The Bertz CT molecular complexity index is 408. The highest BCUT2D eigenvalue weighted by Crippen LogP contribution is 2.18. The minimum absolute atomic E-state index is 0.0474. The second-order valence-corrected chi connectivity index (χ2v) is 4.74. The van der Waals surface area contributed by atoms with Crippen molar-refractivity contribution in [2.75, 3.05) is 11.9 Å². The summed E-state index contributed by atoms with van der Waals surface area (Å²) in [5, 5.41) is 7.24. The predicted molar refractivity (Wildman–Crippen MR) is 69.5 cm³/mol. The van der Waals surface area contributed by atoms with E-state index in [1.807, 2.05) is 11.6 Å². The Kier molecular flexibility index (Phi) is 4.36. The number of rotatable bonds is 5. The molecule has 0 saturated carbocycles. The lowest BCUT2D eigenvalue weighted by molar-refractivity contribution is -0.124. The lowest BCUT2D eigenvalue weighted by Gasteiger charge is -2.13. The molecule has 18 heavy (non-hydrogen) atoms. The molecule has 1 aliphatic heterocycles. The van der Waals surface area contributed by atoms with Crippen molar-refractivity contribution in [3.05, 3.63) is 11.8 Å². The highest BCUT2D eigenvalue weighted by Gasteiger charge is 2.24. The lowest BCUT2D eigenvalue weighted by atomic mass is 10.2. The zero-order chi connectivity index (χ0) is 13.0. The fourth-order valence-electron chi connectivity index (χ4n) is 2.10. The third-order valence-corrected chi connectivity index (χ3v) is 3.21. The fourth-order valence-corrected chi connectivity index (χ4v) is 2.10. The molecule has 0 radical (unpaired) electrons. The number of carbonyl (C=O) groups excluding carboxylic acids is 1. The largest absolute Gasteiger partial charge is 0.368 e. The number of ether oxygens (including phenoxy) is 1. The standard InChI is InChI=1S/C13H21N3O2/c1-3-4-7-16-12(10(2)9-14-16)15-13(17)11-6-5-8-18-11/h9,11H,3-8H2,1-2H3,(H,15,17)/t11-/m1/s1. The number of aryl methyl sites for hydroxylation is 2. The van der Waals surface area contributed by atoms with Crippen LogP contribution in [-0.2, 0) is 16.1 Å². The average molecular weight is 251 g/mol. The van der Waals surface area contributed by atoms with E-state index in [2.05, 4.69) is 17.3 Å². The molecular formula is C13H21N3O2. The number of hydrogen-bond donors (Lipinski definition) is 1. The first-order valence-corrected chi connectivity index (χ1v) is 6.67. The summed E-state index contributed by atoms with van der Waals surface area (Å²) < 4.78 is 7.25. The molecule has 5 nitrogen and oxygen atoms in total. The van der Waals surface area contributed by atoms with E-state index in [1.54, 1.807) is 6.20 Å². The molecule has 1 aromatic rings. The van der Waals surface area contributed by atoms with Gasteiger partial charge in [-0.2, -0.15) is 5.10 Å². The number of aromatic nitrogens is 2. The summed E-state index contributed by atoms with van der Waals surface area (Å²) in [6, 6.07) is 0. The first kappa shape index (κ1) is 13.1. The molecule has 2 heterocycles. The van der Waals surface area contributed by atoms with E-state index in [9.17, 15) is 4.79 Å². The van der Waals surface area contributed by atoms with Gasteiger partial charge in [-0.1, -0.05) is 13.3 Å². The summed E-state index contributed by atoms with van der Waals surface area (Å²) >= 11 is 0. The van der Waals surface area contributed by atoms with Crippen LogP contribution in [0.2, 0.25) is 0 Å². The van der Waals surface area contributed by atoms with Crippen molar-refractivity contribution >= 4 is 11.7 Å². The van der Waals surface area contributed by atoms with Crippen LogP contribution < -0.4 is 5.32 Å². The maximum Gasteiger partial charge on any atom is 0.254 e. The third-order valence-electron chi connectivity index (χ3n) is 3.21. The summed E-state index contributed by atoms with van der Waals surface area (Å²) in [7, 11) is 0. The summed E-state index contributed by atoms with van der Waals surface area (Å²) in [4.78, 5) is 12.0. The number of amides is 1. The molecule has 1 saturated heterocycles. The van der Waals surface area contributed by atoms with Gasteiger partial charge < -0.3 is 10.1 Å². The molecule has 1 aliphatic rings. The molecular weight excluding hydrogens is 230 g/mol. The van der Waals surface area contributed by atoms with Gasteiger partial charge in [-0.25, -0.2) is 4.68 Å². The third kappa shape index (κ3) is 2.90. The van der Waals surface area contributed by atoms with Gasteiger partial charge in [-0.15, -0.1) is 0 Å². The number of carbonyl (C=O) groups is 1. The topological polar surface area (TPSA) is 56.2 Å². The van der Waals surface area contributed by atoms with Crippen LogP contribution in [0.3, 0.4) is 0 Å². The quantitative estimate of drug-likeness (QED) is 0.872. The van der Waals surface area contributed by atoms with E-state index >= 15 is 0 Å². The van der Waals surface area contributed by atoms with Crippen molar-refractivity contribution in [3.63, 3.8) is 0 Å². The summed E-state index contributed by atoms with van der Waals surface area (Å²) in [6.07, 6.45) is 5.45.